The fraction of sp³-hybridized carbons (Fsp3) is 0.381. The molecule has 2 N–H and O–H groups in total. The Labute approximate surface area is 160 Å². The fourth-order valence-electron chi connectivity index (χ4n) is 2.69. The van der Waals surface area contributed by atoms with Crippen molar-refractivity contribution in [3.8, 4) is 11.5 Å². The van der Waals surface area contributed by atoms with Crippen molar-refractivity contribution in [1.82, 2.24) is 0 Å². The van der Waals surface area contributed by atoms with Gasteiger partial charge in [-0.05, 0) is 56.5 Å². The van der Waals surface area contributed by atoms with Gasteiger partial charge in [0, 0.05) is 11.6 Å². The summed E-state index contributed by atoms with van der Waals surface area (Å²) in [7, 11) is 0. The monoisotopic (exact) mass is 372 g/mol. The molecule has 0 fully saturated rings. The maximum absolute atomic E-state index is 12.1. The van der Waals surface area contributed by atoms with Crippen LogP contribution >= 0.6 is 0 Å². The van der Waals surface area contributed by atoms with Gasteiger partial charge in [0.05, 0.1) is 18.9 Å². The number of amides is 1. The molecule has 2 aromatic rings. The van der Waals surface area contributed by atoms with Crippen molar-refractivity contribution in [2.24, 2.45) is 5.84 Å². The second kappa shape index (κ2) is 9.83. The minimum Gasteiger partial charge on any atom is -0.494 e. The first-order valence-corrected chi connectivity index (χ1v) is 9.19. The van der Waals surface area contributed by atoms with E-state index in [-0.39, 0.29) is 13.2 Å². The molecule has 0 bridgehead atoms. The predicted octanol–water partition coefficient (Wildman–Crippen LogP) is 4.37. The summed E-state index contributed by atoms with van der Waals surface area (Å²) in [6, 6.07) is 11.5. The number of rotatable bonds is 8. The van der Waals surface area contributed by atoms with Crippen LogP contribution in [-0.2, 0) is 17.8 Å². The van der Waals surface area contributed by atoms with E-state index in [0.29, 0.717) is 18.0 Å². The highest BCUT2D eigenvalue weighted by Crippen LogP contribution is 2.28. The van der Waals surface area contributed by atoms with Crippen LogP contribution in [0.3, 0.4) is 0 Å². The lowest BCUT2D eigenvalue weighted by Crippen LogP contribution is -2.38. The highest BCUT2D eigenvalue weighted by atomic mass is 16.6. The summed E-state index contributed by atoms with van der Waals surface area (Å²) in [5.74, 6) is 7.40. The van der Waals surface area contributed by atoms with Gasteiger partial charge < -0.3 is 14.2 Å². The van der Waals surface area contributed by atoms with E-state index in [9.17, 15) is 4.79 Å². The molecule has 27 heavy (non-hydrogen) atoms. The molecular weight excluding hydrogens is 344 g/mol. The van der Waals surface area contributed by atoms with E-state index in [4.69, 9.17) is 20.1 Å². The molecule has 0 heterocycles. The molecule has 6 heteroatoms. The Morgan fingerprint density at radius 2 is 1.81 bits per heavy atom. The zero-order valence-electron chi connectivity index (χ0n) is 16.5. The summed E-state index contributed by atoms with van der Waals surface area (Å²) in [4.78, 5) is 12.1. The second-order valence-electron chi connectivity index (χ2n) is 6.03. The number of hydrazine groups is 1. The van der Waals surface area contributed by atoms with Crippen molar-refractivity contribution in [3.05, 3.63) is 53.1 Å². The largest absolute Gasteiger partial charge is 0.494 e. The molecule has 2 rings (SSSR count). The predicted molar refractivity (Wildman–Crippen MR) is 106 cm³/mol. The molecular formula is C21H28N2O4. The van der Waals surface area contributed by atoms with E-state index in [1.807, 2.05) is 32.0 Å². The smallest absolute Gasteiger partial charge is 0.428 e. The van der Waals surface area contributed by atoms with E-state index in [1.165, 1.54) is 5.56 Å². The Bertz CT molecular complexity index is 777. The molecule has 146 valence electrons. The molecule has 0 radical (unpaired) electrons. The van der Waals surface area contributed by atoms with Crippen LogP contribution < -0.4 is 20.3 Å². The van der Waals surface area contributed by atoms with Crippen LogP contribution in [0.1, 0.15) is 37.5 Å². The van der Waals surface area contributed by atoms with E-state index in [2.05, 4.69) is 19.1 Å². The molecule has 0 aliphatic carbocycles. The maximum Gasteiger partial charge on any atom is 0.428 e. The van der Waals surface area contributed by atoms with Gasteiger partial charge in [0.25, 0.3) is 0 Å². The molecule has 0 aromatic heterocycles. The average Bonchev–Trinajstić information content (AvgIpc) is 2.67. The average molecular weight is 372 g/mol. The zero-order valence-corrected chi connectivity index (χ0v) is 16.5. The summed E-state index contributed by atoms with van der Waals surface area (Å²) in [6.07, 6.45) is 0.349. The lowest BCUT2D eigenvalue weighted by atomic mass is 10.1. The zero-order chi connectivity index (χ0) is 19.8. The van der Waals surface area contributed by atoms with Crippen molar-refractivity contribution >= 4 is 11.8 Å². The first kappa shape index (κ1) is 20.6. The Kier molecular flexibility index (Phi) is 7.49. The van der Waals surface area contributed by atoms with Crippen LogP contribution in [0.15, 0.2) is 36.4 Å². The number of hydrogen-bond acceptors (Lipinski definition) is 5. The number of ether oxygens (including phenoxy) is 3. The normalized spacial score (nSPS) is 10.4. The van der Waals surface area contributed by atoms with Crippen molar-refractivity contribution in [1.29, 1.82) is 0 Å². The third-order valence-electron chi connectivity index (χ3n) is 4.12. The molecule has 0 saturated carbocycles. The summed E-state index contributed by atoms with van der Waals surface area (Å²) in [5.41, 5.74) is 3.57. The van der Waals surface area contributed by atoms with E-state index in [0.717, 1.165) is 28.3 Å². The van der Waals surface area contributed by atoms with Gasteiger partial charge in [-0.2, -0.15) is 0 Å². The number of carbonyl (C=O) groups is 1. The molecule has 1 amide bonds. The van der Waals surface area contributed by atoms with Gasteiger partial charge in [0.15, 0.2) is 0 Å². The fourth-order valence-corrected chi connectivity index (χ4v) is 2.69. The van der Waals surface area contributed by atoms with Gasteiger partial charge in [-0.3, -0.25) is 0 Å². The molecule has 0 spiro atoms. The van der Waals surface area contributed by atoms with Crippen molar-refractivity contribution in [3.63, 3.8) is 0 Å². The quantitative estimate of drug-likeness (QED) is 0.423. The Morgan fingerprint density at radius 1 is 1.04 bits per heavy atom. The number of aryl methyl sites for hydroxylation is 2. The first-order chi connectivity index (χ1) is 13.0. The van der Waals surface area contributed by atoms with E-state index in [1.54, 1.807) is 13.0 Å². The van der Waals surface area contributed by atoms with E-state index < -0.39 is 6.09 Å². The number of nitrogens with two attached hydrogens (primary N) is 1. The SMILES string of the molecule is CCOC(=O)N(N)c1cc(OCC)ccc1COc1ccc(CC)cc1C. The van der Waals surface area contributed by atoms with E-state index >= 15 is 0 Å². The number of nitrogens with zero attached hydrogens (tertiary/aromatic N) is 1. The topological polar surface area (TPSA) is 74.0 Å². The van der Waals surface area contributed by atoms with Gasteiger partial charge in [-0.25, -0.2) is 15.6 Å². The van der Waals surface area contributed by atoms with Gasteiger partial charge in [0.1, 0.15) is 18.1 Å². The first-order valence-electron chi connectivity index (χ1n) is 9.19. The van der Waals surface area contributed by atoms with Gasteiger partial charge >= 0.3 is 6.09 Å². The van der Waals surface area contributed by atoms with Crippen molar-refractivity contribution in [2.75, 3.05) is 18.2 Å². The van der Waals surface area contributed by atoms with Crippen LogP contribution in [0.4, 0.5) is 10.5 Å². The Hall–Kier alpha value is -2.73. The molecule has 0 saturated heterocycles. The molecule has 6 nitrogen and oxygen atoms in total. The minimum absolute atomic E-state index is 0.243. The van der Waals surface area contributed by atoms with Crippen molar-refractivity contribution in [2.45, 2.75) is 40.7 Å². The Balaban J connectivity index is 2.25. The van der Waals surface area contributed by atoms with Gasteiger partial charge in [0.2, 0.25) is 0 Å². The summed E-state index contributed by atoms with van der Waals surface area (Å²) < 4.78 is 16.5. The molecule has 0 atom stereocenters. The van der Waals surface area contributed by atoms with Gasteiger partial charge in [-0.1, -0.05) is 19.1 Å². The van der Waals surface area contributed by atoms with Crippen LogP contribution in [0.2, 0.25) is 0 Å². The molecule has 0 unspecified atom stereocenters. The van der Waals surface area contributed by atoms with Crippen molar-refractivity contribution < 1.29 is 19.0 Å². The summed E-state index contributed by atoms with van der Waals surface area (Å²) in [6.45, 7) is 8.78. The third kappa shape index (κ3) is 5.37. The third-order valence-corrected chi connectivity index (χ3v) is 4.12. The standard InChI is InChI=1S/C21H28N2O4/c1-5-16-8-11-20(15(4)12-16)27-14-17-9-10-18(25-6-2)13-19(17)23(22)21(24)26-7-3/h8-13H,5-7,14,22H2,1-4H3. The summed E-state index contributed by atoms with van der Waals surface area (Å²) in [5, 5.41) is 0.984. The lowest BCUT2D eigenvalue weighted by molar-refractivity contribution is 0.159. The number of anilines is 1. The highest BCUT2D eigenvalue weighted by molar-refractivity contribution is 5.87. The second-order valence-corrected chi connectivity index (χ2v) is 6.03. The number of benzene rings is 2. The van der Waals surface area contributed by atoms with Crippen LogP contribution in [0.25, 0.3) is 0 Å². The van der Waals surface area contributed by atoms with Crippen LogP contribution in [0.5, 0.6) is 11.5 Å². The molecule has 0 aliphatic rings. The molecule has 2 aromatic carbocycles. The Morgan fingerprint density at radius 3 is 2.44 bits per heavy atom. The maximum atomic E-state index is 12.1. The molecule has 0 aliphatic heterocycles. The number of carbonyl (C=O) groups excluding carboxylic acids is 1. The summed E-state index contributed by atoms with van der Waals surface area (Å²) >= 11 is 0. The van der Waals surface area contributed by atoms with Crippen LogP contribution in [0, 0.1) is 6.92 Å². The minimum atomic E-state index is -0.629. The number of hydrogen-bond donors (Lipinski definition) is 1. The van der Waals surface area contributed by atoms with Gasteiger partial charge in [-0.15, -0.1) is 0 Å². The highest BCUT2D eigenvalue weighted by Gasteiger charge is 2.18. The van der Waals surface area contributed by atoms with Crippen LogP contribution in [-0.4, -0.2) is 19.3 Å². The lowest BCUT2D eigenvalue weighted by Gasteiger charge is -2.21.